The molecule has 2 amide bonds. The van der Waals surface area contributed by atoms with Gasteiger partial charge in [0.25, 0.3) is 5.91 Å². The number of ether oxygens (including phenoxy) is 1. The third kappa shape index (κ3) is 6.95. The van der Waals surface area contributed by atoms with Crippen molar-refractivity contribution in [3.05, 3.63) is 70.8 Å². The van der Waals surface area contributed by atoms with Crippen molar-refractivity contribution in [1.82, 2.24) is 9.80 Å². The maximum atomic E-state index is 12.8. The Bertz CT molecular complexity index is 1020. The summed E-state index contributed by atoms with van der Waals surface area (Å²) < 4.78 is 4.77. The van der Waals surface area contributed by atoms with Crippen molar-refractivity contribution >= 4 is 23.3 Å². The standard InChI is InChI=1S/C29H39N3O3/c1-5-8-18-31-19-16-23(17-20-31)27(25-10-9-11-26(21-25)30-29(34)35-4)22-12-14-24(15-13-22)28(33)32(6-2)7-3/h9-15,21H,5-8,16-20H2,1-4H3,(H,30,34). The molecule has 6 nitrogen and oxygen atoms in total. The third-order valence-electron chi connectivity index (χ3n) is 6.70. The molecular weight excluding hydrogens is 438 g/mol. The lowest BCUT2D eigenvalue weighted by Crippen LogP contribution is -2.32. The van der Waals surface area contributed by atoms with E-state index in [2.05, 4.69) is 35.3 Å². The van der Waals surface area contributed by atoms with E-state index < -0.39 is 6.09 Å². The number of nitrogens with zero attached hydrogens (tertiary/aromatic N) is 2. The molecule has 1 N–H and O–H groups in total. The number of rotatable bonds is 9. The van der Waals surface area contributed by atoms with Gasteiger partial charge in [-0.2, -0.15) is 0 Å². The van der Waals surface area contributed by atoms with Crippen molar-refractivity contribution < 1.29 is 14.3 Å². The van der Waals surface area contributed by atoms with Crippen LogP contribution in [-0.2, 0) is 4.74 Å². The van der Waals surface area contributed by atoms with Crippen LogP contribution >= 0.6 is 0 Å². The molecule has 1 heterocycles. The molecule has 2 aromatic rings. The van der Waals surface area contributed by atoms with E-state index in [1.54, 1.807) is 0 Å². The lowest BCUT2D eigenvalue weighted by molar-refractivity contribution is 0.0773. The fourth-order valence-corrected chi connectivity index (χ4v) is 4.65. The molecule has 6 heteroatoms. The van der Waals surface area contributed by atoms with Gasteiger partial charge in [-0.05, 0) is 80.6 Å². The highest BCUT2D eigenvalue weighted by molar-refractivity contribution is 5.95. The van der Waals surface area contributed by atoms with Crippen molar-refractivity contribution in [3.63, 3.8) is 0 Å². The largest absolute Gasteiger partial charge is 0.453 e. The third-order valence-corrected chi connectivity index (χ3v) is 6.70. The van der Waals surface area contributed by atoms with E-state index in [0.29, 0.717) is 24.3 Å². The molecule has 1 aliphatic heterocycles. The molecule has 0 saturated carbocycles. The molecule has 0 bridgehead atoms. The summed E-state index contributed by atoms with van der Waals surface area (Å²) in [5, 5.41) is 2.78. The average Bonchev–Trinajstić information content (AvgIpc) is 2.89. The van der Waals surface area contributed by atoms with Gasteiger partial charge >= 0.3 is 6.09 Å². The number of hydrogen-bond donors (Lipinski definition) is 1. The van der Waals surface area contributed by atoms with E-state index in [1.807, 2.05) is 49.1 Å². The lowest BCUT2D eigenvalue weighted by Gasteiger charge is -2.30. The van der Waals surface area contributed by atoms with Crippen molar-refractivity contribution in [2.45, 2.75) is 46.5 Å². The van der Waals surface area contributed by atoms with E-state index in [4.69, 9.17) is 4.74 Å². The Balaban J connectivity index is 1.96. The zero-order valence-corrected chi connectivity index (χ0v) is 21.6. The van der Waals surface area contributed by atoms with Crippen molar-refractivity contribution in [1.29, 1.82) is 0 Å². The highest BCUT2D eigenvalue weighted by Gasteiger charge is 2.20. The van der Waals surface area contributed by atoms with Gasteiger partial charge in [0.2, 0.25) is 0 Å². The number of hydrogen-bond acceptors (Lipinski definition) is 4. The quantitative estimate of drug-likeness (QED) is 0.478. The average molecular weight is 478 g/mol. The molecule has 1 saturated heterocycles. The maximum absolute atomic E-state index is 12.8. The molecule has 0 aliphatic carbocycles. The zero-order chi connectivity index (χ0) is 25.2. The highest BCUT2D eigenvalue weighted by atomic mass is 16.5. The Hall–Kier alpha value is -3.12. The van der Waals surface area contributed by atoms with Crippen molar-refractivity contribution in [2.24, 2.45) is 0 Å². The summed E-state index contributed by atoms with van der Waals surface area (Å²) in [7, 11) is 1.36. The molecule has 0 atom stereocenters. The van der Waals surface area contributed by atoms with Crippen LogP contribution in [0.2, 0.25) is 0 Å². The summed E-state index contributed by atoms with van der Waals surface area (Å²) in [4.78, 5) is 29.0. The van der Waals surface area contributed by atoms with E-state index in [1.165, 1.54) is 31.1 Å². The van der Waals surface area contributed by atoms with E-state index in [-0.39, 0.29) is 5.91 Å². The predicted molar refractivity (Wildman–Crippen MR) is 143 cm³/mol. The summed E-state index contributed by atoms with van der Waals surface area (Å²) in [6.45, 7) is 10.9. The number of carbonyl (C=O) groups is 2. The molecule has 0 radical (unpaired) electrons. The first kappa shape index (κ1) is 26.5. The molecule has 2 aromatic carbocycles. The summed E-state index contributed by atoms with van der Waals surface area (Å²) in [6, 6.07) is 15.9. The molecule has 1 aliphatic rings. The molecule has 188 valence electrons. The van der Waals surface area contributed by atoms with Gasteiger partial charge in [-0.15, -0.1) is 0 Å². The minimum Gasteiger partial charge on any atom is -0.453 e. The van der Waals surface area contributed by atoms with Crippen LogP contribution in [0.3, 0.4) is 0 Å². The predicted octanol–water partition coefficient (Wildman–Crippen LogP) is 6.04. The summed E-state index contributed by atoms with van der Waals surface area (Å²) in [5.74, 6) is 0.0595. The molecule has 35 heavy (non-hydrogen) atoms. The second-order valence-corrected chi connectivity index (χ2v) is 8.93. The Labute approximate surface area is 210 Å². The number of likely N-dealkylation sites (tertiary alicyclic amines) is 1. The second-order valence-electron chi connectivity index (χ2n) is 8.93. The number of piperidine rings is 1. The second kappa shape index (κ2) is 13.1. The van der Waals surface area contributed by atoms with Gasteiger partial charge in [0, 0.05) is 37.4 Å². The van der Waals surface area contributed by atoms with Crippen LogP contribution in [0.1, 0.15) is 67.9 Å². The molecule has 0 spiro atoms. The Morgan fingerprint density at radius 2 is 1.60 bits per heavy atom. The van der Waals surface area contributed by atoms with Crippen LogP contribution < -0.4 is 5.32 Å². The number of methoxy groups -OCH3 is 1. The number of anilines is 1. The summed E-state index contributed by atoms with van der Waals surface area (Å²) in [6.07, 6.45) is 3.97. The molecule has 0 aromatic heterocycles. The number of carbonyl (C=O) groups excluding carboxylic acids is 2. The summed E-state index contributed by atoms with van der Waals surface area (Å²) in [5.41, 5.74) is 6.15. The van der Waals surface area contributed by atoms with Gasteiger partial charge in [-0.3, -0.25) is 10.1 Å². The first-order chi connectivity index (χ1) is 17.0. The van der Waals surface area contributed by atoms with Crippen LogP contribution in [0, 0.1) is 0 Å². The van der Waals surface area contributed by atoms with Gasteiger partial charge < -0.3 is 14.5 Å². The molecule has 3 rings (SSSR count). The van der Waals surface area contributed by atoms with E-state index >= 15 is 0 Å². The normalized spacial score (nSPS) is 13.9. The SMILES string of the molecule is CCCCN1CCC(=C(c2ccc(C(=O)N(CC)CC)cc2)c2cccc(NC(=O)OC)c2)CC1. The minimum atomic E-state index is -0.486. The van der Waals surface area contributed by atoms with Crippen molar-refractivity contribution in [2.75, 3.05) is 45.2 Å². The Kier molecular flexibility index (Phi) is 9.91. The Morgan fingerprint density at radius 1 is 0.943 bits per heavy atom. The van der Waals surface area contributed by atoms with Gasteiger partial charge in [-0.25, -0.2) is 4.79 Å². The monoisotopic (exact) mass is 477 g/mol. The van der Waals surface area contributed by atoms with Gasteiger partial charge in [0.1, 0.15) is 0 Å². The zero-order valence-electron chi connectivity index (χ0n) is 21.6. The van der Waals surface area contributed by atoms with Gasteiger partial charge in [-0.1, -0.05) is 43.2 Å². The van der Waals surface area contributed by atoms with Crippen molar-refractivity contribution in [3.8, 4) is 0 Å². The smallest absolute Gasteiger partial charge is 0.411 e. The first-order valence-corrected chi connectivity index (χ1v) is 12.8. The number of unbranched alkanes of at least 4 members (excludes halogenated alkanes) is 1. The maximum Gasteiger partial charge on any atom is 0.411 e. The summed E-state index contributed by atoms with van der Waals surface area (Å²) >= 11 is 0. The van der Waals surface area contributed by atoms with Crippen LogP contribution in [-0.4, -0.2) is 61.6 Å². The number of benzene rings is 2. The molecular formula is C29H39N3O3. The van der Waals surface area contributed by atoms with E-state index in [9.17, 15) is 9.59 Å². The first-order valence-electron chi connectivity index (χ1n) is 12.8. The molecule has 0 unspecified atom stereocenters. The van der Waals surface area contributed by atoms with Crippen LogP contribution in [0.4, 0.5) is 10.5 Å². The minimum absolute atomic E-state index is 0.0595. The van der Waals surface area contributed by atoms with Crippen LogP contribution in [0.25, 0.3) is 5.57 Å². The van der Waals surface area contributed by atoms with Crippen LogP contribution in [0.5, 0.6) is 0 Å². The molecule has 1 fully saturated rings. The number of nitrogens with one attached hydrogen (secondary N) is 1. The number of amides is 2. The fourth-order valence-electron chi connectivity index (χ4n) is 4.65. The Morgan fingerprint density at radius 3 is 2.20 bits per heavy atom. The van der Waals surface area contributed by atoms with Gasteiger partial charge in [0.05, 0.1) is 7.11 Å². The van der Waals surface area contributed by atoms with Crippen LogP contribution in [0.15, 0.2) is 54.1 Å². The van der Waals surface area contributed by atoms with E-state index in [0.717, 1.165) is 43.6 Å². The topological polar surface area (TPSA) is 61.9 Å². The fraction of sp³-hybridized carbons (Fsp3) is 0.448. The van der Waals surface area contributed by atoms with Gasteiger partial charge in [0.15, 0.2) is 0 Å². The highest BCUT2D eigenvalue weighted by Crippen LogP contribution is 2.34. The lowest BCUT2D eigenvalue weighted by atomic mass is 9.87.